The second kappa shape index (κ2) is 6.83. The minimum atomic E-state index is -4.14. The van der Waals surface area contributed by atoms with Gasteiger partial charge in [-0.25, -0.2) is 8.42 Å². The summed E-state index contributed by atoms with van der Waals surface area (Å²) in [6, 6.07) is 3.02. The first kappa shape index (κ1) is 17.3. The maximum absolute atomic E-state index is 12.3. The van der Waals surface area contributed by atoms with Crippen molar-refractivity contribution >= 4 is 33.3 Å². The summed E-state index contributed by atoms with van der Waals surface area (Å²) >= 11 is 5.62. The van der Waals surface area contributed by atoms with Gasteiger partial charge in [-0.05, 0) is 18.6 Å². The maximum Gasteiger partial charge on any atom is 0.318 e. The highest BCUT2D eigenvalue weighted by Crippen LogP contribution is 2.28. The Morgan fingerprint density at radius 2 is 2.10 bits per heavy atom. The second-order valence-electron chi connectivity index (χ2n) is 4.10. The molecule has 0 unspecified atom stereocenters. The van der Waals surface area contributed by atoms with E-state index in [1.165, 1.54) is 0 Å². The van der Waals surface area contributed by atoms with Crippen molar-refractivity contribution in [3.8, 4) is 0 Å². The molecule has 0 spiro atoms. The molecule has 10 heteroatoms. The van der Waals surface area contributed by atoms with Crippen LogP contribution in [0.3, 0.4) is 0 Å². The van der Waals surface area contributed by atoms with Gasteiger partial charge in [0.15, 0.2) is 0 Å². The highest BCUT2D eigenvalue weighted by atomic mass is 35.5. The molecule has 0 aliphatic heterocycles. The Kier molecular flexibility index (Phi) is 5.64. The van der Waals surface area contributed by atoms with Crippen LogP contribution in [0.2, 0.25) is 5.02 Å². The van der Waals surface area contributed by atoms with E-state index < -0.39 is 33.1 Å². The number of benzene rings is 1. The summed E-state index contributed by atoms with van der Waals surface area (Å²) in [5.74, 6) is -1.31. The molecule has 1 aromatic carbocycles. The Morgan fingerprint density at radius 1 is 1.48 bits per heavy atom. The van der Waals surface area contributed by atoms with Gasteiger partial charge in [0.05, 0.1) is 9.82 Å². The van der Waals surface area contributed by atoms with Crippen LogP contribution < -0.4 is 0 Å². The molecule has 8 nitrogen and oxygen atoms in total. The van der Waals surface area contributed by atoms with E-state index in [9.17, 15) is 23.3 Å². The third kappa shape index (κ3) is 4.13. The van der Waals surface area contributed by atoms with E-state index in [-0.39, 0.29) is 16.5 Å². The SMILES string of the molecule is CCCN(CC(=O)O)S(=O)(=O)c1ccc(Cl)c([N+](=O)[O-])c1. The molecule has 1 aromatic rings. The lowest BCUT2D eigenvalue weighted by Crippen LogP contribution is -2.36. The Labute approximate surface area is 126 Å². The first-order chi connectivity index (χ1) is 9.70. The van der Waals surface area contributed by atoms with E-state index in [0.717, 1.165) is 22.5 Å². The molecule has 0 aliphatic carbocycles. The summed E-state index contributed by atoms with van der Waals surface area (Å²) in [4.78, 5) is 20.4. The Morgan fingerprint density at radius 3 is 2.57 bits per heavy atom. The van der Waals surface area contributed by atoms with Crippen LogP contribution in [-0.2, 0) is 14.8 Å². The van der Waals surface area contributed by atoms with Gasteiger partial charge in [-0.15, -0.1) is 0 Å². The number of rotatable bonds is 7. The molecular formula is C11H13ClN2O6S. The Balaban J connectivity index is 3.30. The van der Waals surface area contributed by atoms with Gasteiger partial charge in [0.2, 0.25) is 10.0 Å². The average molecular weight is 337 g/mol. The highest BCUT2D eigenvalue weighted by Gasteiger charge is 2.28. The quantitative estimate of drug-likeness (QED) is 0.598. The molecule has 0 aliphatic rings. The average Bonchev–Trinajstić information content (AvgIpc) is 2.37. The van der Waals surface area contributed by atoms with Crippen molar-refractivity contribution in [2.24, 2.45) is 0 Å². The zero-order valence-electron chi connectivity index (χ0n) is 11.0. The first-order valence-electron chi connectivity index (χ1n) is 5.86. The van der Waals surface area contributed by atoms with E-state index in [1.807, 2.05) is 0 Å². The lowest BCUT2D eigenvalue weighted by atomic mass is 10.3. The molecule has 0 radical (unpaired) electrons. The number of aliphatic carboxylic acids is 1. The summed E-state index contributed by atoms with van der Waals surface area (Å²) in [6.45, 7) is 0.965. The normalized spacial score (nSPS) is 11.6. The van der Waals surface area contributed by atoms with E-state index >= 15 is 0 Å². The minimum Gasteiger partial charge on any atom is -0.480 e. The lowest BCUT2D eigenvalue weighted by Gasteiger charge is -2.19. The van der Waals surface area contributed by atoms with Crippen LogP contribution in [0.4, 0.5) is 5.69 Å². The predicted molar refractivity (Wildman–Crippen MR) is 74.8 cm³/mol. The fourth-order valence-electron chi connectivity index (χ4n) is 1.63. The third-order valence-electron chi connectivity index (χ3n) is 2.54. The Hall–Kier alpha value is -1.71. The van der Waals surface area contributed by atoms with Crippen LogP contribution >= 0.6 is 11.6 Å². The highest BCUT2D eigenvalue weighted by molar-refractivity contribution is 7.89. The molecule has 0 fully saturated rings. The number of nitro benzene ring substituents is 1. The van der Waals surface area contributed by atoms with Gasteiger partial charge in [0.1, 0.15) is 11.6 Å². The van der Waals surface area contributed by atoms with Gasteiger partial charge in [-0.2, -0.15) is 4.31 Å². The van der Waals surface area contributed by atoms with Gasteiger partial charge in [0.25, 0.3) is 5.69 Å². The van der Waals surface area contributed by atoms with E-state index in [2.05, 4.69) is 0 Å². The van der Waals surface area contributed by atoms with Crippen LogP contribution in [0.15, 0.2) is 23.1 Å². The molecule has 0 saturated heterocycles. The number of halogens is 1. The van der Waals surface area contributed by atoms with Crippen LogP contribution in [0.25, 0.3) is 0 Å². The number of nitro groups is 1. The molecule has 1 rings (SSSR count). The van der Waals surface area contributed by atoms with Gasteiger partial charge in [-0.1, -0.05) is 18.5 Å². The number of sulfonamides is 1. The number of nitrogens with zero attached hydrogens (tertiary/aromatic N) is 2. The minimum absolute atomic E-state index is 0.00887. The molecule has 0 saturated carbocycles. The fraction of sp³-hybridized carbons (Fsp3) is 0.364. The van der Waals surface area contributed by atoms with E-state index in [0.29, 0.717) is 6.42 Å². The largest absolute Gasteiger partial charge is 0.480 e. The Bertz CT molecular complexity index is 661. The fourth-order valence-corrected chi connectivity index (χ4v) is 3.31. The van der Waals surface area contributed by atoms with Gasteiger partial charge in [0, 0.05) is 12.6 Å². The predicted octanol–water partition coefficient (Wildman–Crippen LogP) is 1.73. The van der Waals surface area contributed by atoms with Crippen molar-refractivity contribution in [2.45, 2.75) is 18.2 Å². The molecule has 1 N–H and O–H groups in total. The molecule has 0 bridgehead atoms. The second-order valence-corrected chi connectivity index (χ2v) is 6.45. The third-order valence-corrected chi connectivity index (χ3v) is 4.70. The van der Waals surface area contributed by atoms with Crippen molar-refractivity contribution < 1.29 is 23.2 Å². The van der Waals surface area contributed by atoms with Crippen molar-refractivity contribution in [2.75, 3.05) is 13.1 Å². The van der Waals surface area contributed by atoms with Gasteiger partial charge < -0.3 is 5.11 Å². The van der Waals surface area contributed by atoms with Crippen LogP contribution in [0, 0.1) is 10.1 Å². The molecular weight excluding hydrogens is 324 g/mol. The topological polar surface area (TPSA) is 118 Å². The standard InChI is InChI=1S/C11H13ClN2O6S/c1-2-5-13(7-11(15)16)21(19,20)8-3-4-9(12)10(6-8)14(17)18/h3-4,6H,2,5,7H2,1H3,(H,15,16). The van der Waals surface area contributed by atoms with E-state index in [4.69, 9.17) is 16.7 Å². The number of hydrogen-bond acceptors (Lipinski definition) is 5. The van der Waals surface area contributed by atoms with Crippen LogP contribution in [0.5, 0.6) is 0 Å². The van der Waals surface area contributed by atoms with Crippen LogP contribution in [0.1, 0.15) is 13.3 Å². The molecule has 21 heavy (non-hydrogen) atoms. The number of carboxylic acid groups (broad SMARTS) is 1. The molecule has 0 aromatic heterocycles. The summed E-state index contributed by atoms with van der Waals surface area (Å²) in [5.41, 5.74) is -0.551. The number of carboxylic acids is 1. The smallest absolute Gasteiger partial charge is 0.318 e. The van der Waals surface area contributed by atoms with Crippen molar-refractivity contribution in [1.29, 1.82) is 0 Å². The van der Waals surface area contributed by atoms with Gasteiger partial charge in [-0.3, -0.25) is 14.9 Å². The summed E-state index contributed by atoms with van der Waals surface area (Å²) < 4.78 is 25.4. The van der Waals surface area contributed by atoms with E-state index in [1.54, 1.807) is 6.92 Å². The lowest BCUT2D eigenvalue weighted by molar-refractivity contribution is -0.384. The maximum atomic E-state index is 12.3. The molecule has 0 atom stereocenters. The van der Waals surface area contributed by atoms with Crippen molar-refractivity contribution in [3.63, 3.8) is 0 Å². The zero-order valence-corrected chi connectivity index (χ0v) is 12.6. The molecule has 0 amide bonds. The summed E-state index contributed by atoms with van der Waals surface area (Å²) in [6.07, 6.45) is 0.405. The number of carbonyl (C=O) groups is 1. The first-order valence-corrected chi connectivity index (χ1v) is 7.67. The van der Waals surface area contributed by atoms with Crippen molar-refractivity contribution in [3.05, 3.63) is 33.3 Å². The molecule has 0 heterocycles. The van der Waals surface area contributed by atoms with Gasteiger partial charge >= 0.3 is 5.97 Å². The zero-order chi connectivity index (χ0) is 16.2. The number of hydrogen-bond donors (Lipinski definition) is 1. The summed E-state index contributed by atoms with van der Waals surface area (Å²) in [5, 5.41) is 19.4. The summed E-state index contributed by atoms with van der Waals surface area (Å²) in [7, 11) is -4.14. The monoisotopic (exact) mass is 336 g/mol. The van der Waals surface area contributed by atoms with Crippen LogP contribution in [-0.4, -0.2) is 41.8 Å². The molecule has 116 valence electrons. The van der Waals surface area contributed by atoms with Crippen molar-refractivity contribution in [1.82, 2.24) is 4.31 Å².